The minimum atomic E-state index is -0.252. The zero-order chi connectivity index (χ0) is 20.8. The molecule has 0 aromatic heterocycles. The highest BCUT2D eigenvalue weighted by atomic mass is 16.3. The van der Waals surface area contributed by atoms with E-state index in [4.69, 9.17) is 0 Å². The molecular formula is C23H33N3O3. The van der Waals surface area contributed by atoms with Gasteiger partial charge in [-0.25, -0.2) is 4.79 Å². The summed E-state index contributed by atoms with van der Waals surface area (Å²) in [5.41, 5.74) is 3.76. The summed E-state index contributed by atoms with van der Waals surface area (Å²) in [5.74, 6) is -0.0743. The quantitative estimate of drug-likeness (QED) is 0.659. The molecule has 1 aliphatic heterocycles. The molecule has 1 aromatic carbocycles. The largest absolute Gasteiger partial charge is 0.394 e. The zero-order valence-corrected chi connectivity index (χ0v) is 17.5. The molecule has 3 rings (SSSR count). The molecule has 6 nitrogen and oxygen atoms in total. The van der Waals surface area contributed by atoms with E-state index in [2.05, 4.69) is 41.0 Å². The lowest BCUT2D eigenvalue weighted by atomic mass is 9.74. The van der Waals surface area contributed by atoms with Gasteiger partial charge in [-0.1, -0.05) is 37.3 Å². The van der Waals surface area contributed by atoms with Crippen molar-refractivity contribution in [1.82, 2.24) is 15.5 Å². The van der Waals surface area contributed by atoms with E-state index in [1.165, 1.54) is 30.9 Å². The molecule has 6 heteroatoms. The van der Waals surface area contributed by atoms with Crippen molar-refractivity contribution in [3.05, 3.63) is 41.5 Å². The summed E-state index contributed by atoms with van der Waals surface area (Å²) in [6.07, 6.45) is 7.98. The zero-order valence-electron chi connectivity index (χ0n) is 17.5. The Bertz CT molecular complexity index is 744. The van der Waals surface area contributed by atoms with Crippen LogP contribution in [0.15, 0.2) is 30.3 Å². The van der Waals surface area contributed by atoms with Crippen LogP contribution in [-0.2, 0) is 4.79 Å². The maximum absolute atomic E-state index is 12.1. The van der Waals surface area contributed by atoms with Gasteiger partial charge in [0.15, 0.2) is 0 Å². The number of carbonyl (C=O) groups excluding carboxylic acids is 2. The van der Waals surface area contributed by atoms with Gasteiger partial charge in [-0.3, -0.25) is 4.79 Å². The van der Waals surface area contributed by atoms with Gasteiger partial charge in [-0.15, -0.1) is 0 Å². The Kier molecular flexibility index (Phi) is 7.31. The first-order valence-corrected chi connectivity index (χ1v) is 10.8. The van der Waals surface area contributed by atoms with Crippen LogP contribution in [0, 0.1) is 0 Å². The third-order valence-corrected chi connectivity index (χ3v) is 6.06. The molecule has 3 atom stereocenters. The van der Waals surface area contributed by atoms with E-state index in [9.17, 15) is 14.7 Å². The maximum Gasteiger partial charge on any atom is 0.314 e. The highest BCUT2D eigenvalue weighted by Crippen LogP contribution is 2.41. The van der Waals surface area contributed by atoms with Crippen molar-refractivity contribution in [2.24, 2.45) is 0 Å². The van der Waals surface area contributed by atoms with Gasteiger partial charge in [0, 0.05) is 25.9 Å². The number of amides is 3. The summed E-state index contributed by atoms with van der Waals surface area (Å²) in [6.45, 7) is 4.41. The van der Waals surface area contributed by atoms with Crippen LogP contribution in [0.2, 0.25) is 0 Å². The summed E-state index contributed by atoms with van der Waals surface area (Å²) in [7, 11) is 0. The number of likely N-dealkylation sites (tertiary alicyclic amines) is 1. The molecular weight excluding hydrogens is 366 g/mol. The summed E-state index contributed by atoms with van der Waals surface area (Å²) >= 11 is 0. The van der Waals surface area contributed by atoms with Crippen molar-refractivity contribution < 1.29 is 14.7 Å². The number of aliphatic hydroxyl groups excluding tert-OH is 1. The average Bonchev–Trinajstić information content (AvgIpc) is 2.72. The number of allylic oxidation sites excluding steroid dienone is 2. The van der Waals surface area contributed by atoms with Crippen LogP contribution < -0.4 is 10.6 Å². The lowest BCUT2D eigenvalue weighted by molar-refractivity contribution is -0.147. The Morgan fingerprint density at radius 3 is 2.48 bits per heavy atom. The molecule has 2 aliphatic rings. The number of rotatable bonds is 7. The third kappa shape index (κ3) is 4.81. The van der Waals surface area contributed by atoms with Gasteiger partial charge in [0.1, 0.15) is 0 Å². The van der Waals surface area contributed by atoms with E-state index in [-0.39, 0.29) is 36.5 Å². The Morgan fingerprint density at radius 1 is 1.14 bits per heavy atom. The van der Waals surface area contributed by atoms with Gasteiger partial charge in [0.25, 0.3) is 0 Å². The van der Waals surface area contributed by atoms with E-state index in [1.807, 2.05) is 6.92 Å². The minimum Gasteiger partial charge on any atom is -0.394 e. The van der Waals surface area contributed by atoms with Crippen LogP contribution in [0.1, 0.15) is 63.0 Å². The van der Waals surface area contributed by atoms with Gasteiger partial charge < -0.3 is 20.6 Å². The van der Waals surface area contributed by atoms with Crippen LogP contribution in [0.3, 0.4) is 0 Å². The van der Waals surface area contributed by atoms with Gasteiger partial charge >= 0.3 is 6.03 Å². The van der Waals surface area contributed by atoms with E-state index >= 15 is 0 Å². The standard InChI is InChI=1S/C23H33N3O3/c1-3-13-24-23(29)25-14-20-22(21(15-27)26(20)16(2)28)19-11-9-18(10-12-19)17-7-5-4-6-8-17/h7,9-12,20-22,27H,3-6,8,13-15H2,1-2H3,(H2,24,25,29)/t20-,21+,22-/m0/s1. The molecule has 1 fully saturated rings. The molecule has 0 radical (unpaired) electrons. The Labute approximate surface area is 173 Å². The molecule has 0 bridgehead atoms. The molecule has 3 amide bonds. The van der Waals surface area contributed by atoms with Crippen molar-refractivity contribution in [2.45, 2.75) is 64.0 Å². The van der Waals surface area contributed by atoms with Gasteiger partial charge in [0.2, 0.25) is 5.91 Å². The number of hydrogen-bond donors (Lipinski definition) is 3. The molecule has 0 saturated carbocycles. The number of urea groups is 1. The van der Waals surface area contributed by atoms with Crippen molar-refractivity contribution in [3.8, 4) is 0 Å². The van der Waals surface area contributed by atoms with Gasteiger partial charge in [-0.05, 0) is 48.8 Å². The predicted molar refractivity (Wildman–Crippen MR) is 115 cm³/mol. The summed E-state index contributed by atoms with van der Waals surface area (Å²) in [6, 6.07) is 7.89. The number of carbonyl (C=O) groups is 2. The van der Waals surface area contributed by atoms with Crippen LogP contribution in [0.25, 0.3) is 5.57 Å². The third-order valence-electron chi connectivity index (χ3n) is 6.06. The van der Waals surface area contributed by atoms with Gasteiger partial charge in [-0.2, -0.15) is 0 Å². The number of hydrogen-bond acceptors (Lipinski definition) is 3. The van der Waals surface area contributed by atoms with E-state index in [1.54, 1.807) is 4.90 Å². The van der Waals surface area contributed by atoms with Crippen molar-refractivity contribution >= 4 is 17.5 Å². The molecule has 0 unspecified atom stereocenters. The number of benzene rings is 1. The van der Waals surface area contributed by atoms with Crippen LogP contribution in [0.5, 0.6) is 0 Å². The Morgan fingerprint density at radius 2 is 1.90 bits per heavy atom. The first-order chi connectivity index (χ1) is 14.1. The van der Waals surface area contributed by atoms with E-state index in [0.29, 0.717) is 13.1 Å². The fourth-order valence-electron chi connectivity index (χ4n) is 4.60. The summed E-state index contributed by atoms with van der Waals surface area (Å²) < 4.78 is 0. The van der Waals surface area contributed by atoms with E-state index < -0.39 is 0 Å². The first kappa shape index (κ1) is 21.4. The summed E-state index contributed by atoms with van der Waals surface area (Å²) in [4.78, 5) is 25.8. The summed E-state index contributed by atoms with van der Waals surface area (Å²) in [5, 5.41) is 15.6. The molecule has 3 N–H and O–H groups in total. The van der Waals surface area contributed by atoms with E-state index in [0.717, 1.165) is 24.8 Å². The molecule has 1 aromatic rings. The van der Waals surface area contributed by atoms with Gasteiger partial charge in [0.05, 0.1) is 18.7 Å². The predicted octanol–water partition coefficient (Wildman–Crippen LogP) is 3.03. The molecule has 1 heterocycles. The molecule has 158 valence electrons. The fraction of sp³-hybridized carbons (Fsp3) is 0.565. The first-order valence-electron chi connectivity index (χ1n) is 10.8. The molecule has 0 spiro atoms. The van der Waals surface area contributed by atoms with Crippen molar-refractivity contribution in [2.75, 3.05) is 19.7 Å². The average molecular weight is 400 g/mol. The highest BCUT2D eigenvalue weighted by molar-refractivity contribution is 5.77. The number of nitrogens with one attached hydrogen (secondary N) is 2. The number of aliphatic hydroxyl groups is 1. The molecule has 1 saturated heterocycles. The Hall–Kier alpha value is -2.34. The molecule has 1 aliphatic carbocycles. The normalized spacial score (nSPS) is 23.8. The van der Waals surface area contributed by atoms with Crippen molar-refractivity contribution in [3.63, 3.8) is 0 Å². The monoisotopic (exact) mass is 399 g/mol. The SMILES string of the molecule is CCCNC(=O)NC[C@H]1[C@H](c2ccc(C3=CCCCC3)cc2)[C@@H](CO)N1C(C)=O. The van der Waals surface area contributed by atoms with Crippen LogP contribution in [0.4, 0.5) is 4.79 Å². The fourth-order valence-corrected chi connectivity index (χ4v) is 4.60. The second-order valence-corrected chi connectivity index (χ2v) is 8.00. The van der Waals surface area contributed by atoms with Crippen molar-refractivity contribution in [1.29, 1.82) is 0 Å². The second-order valence-electron chi connectivity index (χ2n) is 8.00. The number of nitrogens with zero attached hydrogens (tertiary/aromatic N) is 1. The lowest BCUT2D eigenvalue weighted by Gasteiger charge is -2.54. The smallest absolute Gasteiger partial charge is 0.314 e. The highest BCUT2D eigenvalue weighted by Gasteiger charge is 2.49. The lowest BCUT2D eigenvalue weighted by Crippen LogP contribution is -2.68. The topological polar surface area (TPSA) is 81.7 Å². The second kappa shape index (κ2) is 9.92. The Balaban J connectivity index is 1.74. The molecule has 29 heavy (non-hydrogen) atoms. The van der Waals surface area contributed by atoms with Crippen LogP contribution in [-0.4, -0.2) is 53.7 Å². The minimum absolute atomic E-state index is 0.00441. The van der Waals surface area contributed by atoms with Crippen LogP contribution >= 0.6 is 0 Å². The maximum atomic E-state index is 12.1.